The topological polar surface area (TPSA) is 113 Å². The highest BCUT2D eigenvalue weighted by atomic mass is 19.4. The number of hydrogen-bond acceptors (Lipinski definition) is 6. The van der Waals surface area contributed by atoms with Gasteiger partial charge in [0, 0.05) is 20.0 Å². The van der Waals surface area contributed by atoms with Crippen molar-refractivity contribution >= 4 is 11.8 Å². The first-order valence-corrected chi connectivity index (χ1v) is 9.99. The first-order valence-electron chi connectivity index (χ1n) is 9.99. The molecule has 1 saturated heterocycles. The van der Waals surface area contributed by atoms with Gasteiger partial charge in [-0.1, -0.05) is 32.1 Å². The molecule has 3 rings (SSSR count). The third-order valence-corrected chi connectivity index (χ3v) is 5.24. The molecule has 0 saturated carbocycles. The Labute approximate surface area is 182 Å². The number of halogens is 3. The van der Waals surface area contributed by atoms with Crippen molar-refractivity contribution in [2.45, 2.75) is 51.6 Å². The van der Waals surface area contributed by atoms with E-state index in [-0.39, 0.29) is 24.4 Å². The quantitative estimate of drug-likeness (QED) is 0.727. The van der Waals surface area contributed by atoms with Crippen LogP contribution in [-0.4, -0.2) is 67.5 Å². The number of β-amino-alcohol motifs (C(OH)–C–C–N with tert-alkyl or cyclic N) is 1. The number of alkyl halides is 3. The summed E-state index contributed by atoms with van der Waals surface area (Å²) in [7, 11) is 1.45. The monoisotopic (exact) mass is 454 g/mol. The molecule has 174 valence electrons. The van der Waals surface area contributed by atoms with Gasteiger partial charge in [-0.05, 0) is 17.5 Å². The van der Waals surface area contributed by atoms with Crippen molar-refractivity contribution < 1.29 is 27.9 Å². The maximum atomic E-state index is 13.5. The molecule has 2 aromatic heterocycles. The lowest BCUT2D eigenvalue weighted by atomic mass is 9.85. The van der Waals surface area contributed by atoms with Crippen molar-refractivity contribution in [2.75, 3.05) is 13.6 Å². The Morgan fingerprint density at radius 1 is 1.22 bits per heavy atom. The van der Waals surface area contributed by atoms with Gasteiger partial charge in [0.05, 0.1) is 18.0 Å². The number of aliphatic hydroxyl groups excluding tert-OH is 1. The number of hydrogen-bond donors (Lipinski definition) is 2. The van der Waals surface area contributed by atoms with Crippen LogP contribution in [0, 0.1) is 5.41 Å². The van der Waals surface area contributed by atoms with Crippen molar-refractivity contribution in [1.82, 2.24) is 30.2 Å². The molecule has 3 atom stereocenters. The number of rotatable bonds is 4. The van der Waals surface area contributed by atoms with Gasteiger partial charge in [0.1, 0.15) is 23.5 Å². The molecule has 2 amide bonds. The Hall–Kier alpha value is -3.02. The number of nitrogens with one attached hydrogen (secondary N) is 1. The van der Waals surface area contributed by atoms with Crippen molar-refractivity contribution in [3.63, 3.8) is 0 Å². The van der Waals surface area contributed by atoms with Gasteiger partial charge in [-0.3, -0.25) is 9.59 Å². The number of carbonyl (C=O) groups excluding carboxylic acids is 2. The molecule has 0 spiro atoms. The number of aliphatic hydroxyl groups is 1. The molecule has 2 aromatic rings. The smallest absolute Gasteiger partial charge is 0.391 e. The van der Waals surface area contributed by atoms with Gasteiger partial charge in [-0.15, -0.1) is 5.10 Å². The van der Waals surface area contributed by atoms with Crippen LogP contribution in [-0.2, 0) is 15.8 Å². The first-order chi connectivity index (χ1) is 14.8. The highest BCUT2D eigenvalue weighted by Gasteiger charge is 2.45. The first kappa shape index (κ1) is 23.6. The van der Waals surface area contributed by atoms with Crippen LogP contribution in [0.3, 0.4) is 0 Å². The zero-order valence-electron chi connectivity index (χ0n) is 18.1. The Balaban J connectivity index is 1.96. The molecular formula is C20H25F3N6O3. The molecular weight excluding hydrogens is 429 g/mol. The van der Waals surface area contributed by atoms with Crippen molar-refractivity contribution in [1.29, 1.82) is 0 Å². The maximum absolute atomic E-state index is 13.5. The third-order valence-electron chi connectivity index (χ3n) is 5.24. The predicted molar refractivity (Wildman–Crippen MR) is 107 cm³/mol. The molecule has 12 heteroatoms. The standard InChI is InChI=1S/C20H25F3N6O3/c1-19(2,3)16(18(32)28-9-11(30)8-14(28)17(31)24-4)29-10-13(26-27-29)12-6-5-7-15(25-12)20(21,22)23/h5-7,10-11,14,16,30H,8-9H2,1-4H3,(H,24,31)/t11?,14?,16-/m1/s1. The number of amides is 2. The minimum Gasteiger partial charge on any atom is -0.391 e. The van der Waals surface area contributed by atoms with Crippen LogP contribution in [0.2, 0.25) is 0 Å². The van der Waals surface area contributed by atoms with Crippen LogP contribution in [0.1, 0.15) is 38.9 Å². The molecule has 0 aliphatic carbocycles. The number of likely N-dealkylation sites (N-methyl/N-ethyl adjacent to an activating group) is 1. The predicted octanol–water partition coefficient (Wildman–Crippen LogP) is 1.65. The second-order valence-corrected chi connectivity index (χ2v) is 8.77. The summed E-state index contributed by atoms with van der Waals surface area (Å²) in [5.41, 5.74) is -1.72. The van der Waals surface area contributed by atoms with Crippen molar-refractivity contribution in [2.24, 2.45) is 5.41 Å². The zero-order chi connectivity index (χ0) is 23.8. The Kier molecular flexibility index (Phi) is 6.27. The lowest BCUT2D eigenvalue weighted by molar-refractivity contribution is -0.144. The molecule has 3 heterocycles. The summed E-state index contributed by atoms with van der Waals surface area (Å²) in [5, 5.41) is 20.5. The second kappa shape index (κ2) is 8.49. The van der Waals surface area contributed by atoms with Gasteiger partial charge < -0.3 is 15.3 Å². The summed E-state index contributed by atoms with van der Waals surface area (Å²) < 4.78 is 40.3. The van der Waals surface area contributed by atoms with E-state index in [9.17, 15) is 27.9 Å². The molecule has 2 unspecified atom stereocenters. The molecule has 9 nitrogen and oxygen atoms in total. The lowest BCUT2D eigenvalue weighted by Gasteiger charge is -2.34. The van der Waals surface area contributed by atoms with Gasteiger partial charge in [0.15, 0.2) is 0 Å². The van der Waals surface area contributed by atoms with Crippen LogP contribution in [0.4, 0.5) is 13.2 Å². The number of nitrogens with zero attached hydrogens (tertiary/aromatic N) is 5. The number of likely N-dealkylation sites (tertiary alicyclic amines) is 1. The Morgan fingerprint density at radius 2 is 1.91 bits per heavy atom. The minimum atomic E-state index is -4.61. The molecule has 0 bridgehead atoms. The normalized spacial score (nSPS) is 20.3. The van der Waals surface area contributed by atoms with Gasteiger partial charge in [-0.2, -0.15) is 13.2 Å². The zero-order valence-corrected chi connectivity index (χ0v) is 18.1. The molecule has 32 heavy (non-hydrogen) atoms. The highest BCUT2D eigenvalue weighted by molar-refractivity contribution is 5.90. The number of pyridine rings is 1. The molecule has 0 aromatic carbocycles. The molecule has 0 radical (unpaired) electrons. The largest absolute Gasteiger partial charge is 0.433 e. The SMILES string of the molecule is CNC(=O)C1CC(O)CN1C(=O)[C@@H](n1cc(-c2cccc(C(F)(F)F)n2)nn1)C(C)(C)C. The van der Waals surface area contributed by atoms with Crippen molar-refractivity contribution in [3.05, 3.63) is 30.1 Å². The fraction of sp³-hybridized carbons (Fsp3) is 0.550. The van der Waals surface area contributed by atoms with Crippen LogP contribution in [0.5, 0.6) is 0 Å². The fourth-order valence-corrected chi connectivity index (χ4v) is 3.77. The summed E-state index contributed by atoms with van der Waals surface area (Å²) in [4.78, 5) is 30.6. The Morgan fingerprint density at radius 3 is 2.50 bits per heavy atom. The Bertz CT molecular complexity index is 1000. The van der Waals surface area contributed by atoms with E-state index in [1.54, 1.807) is 20.8 Å². The molecule has 1 fully saturated rings. The number of carbonyl (C=O) groups is 2. The van der Waals surface area contributed by atoms with E-state index in [2.05, 4.69) is 20.6 Å². The highest BCUT2D eigenvalue weighted by Crippen LogP contribution is 2.35. The van der Waals surface area contributed by atoms with E-state index in [0.29, 0.717) is 0 Å². The minimum absolute atomic E-state index is 0.0137. The third kappa shape index (κ3) is 4.74. The van der Waals surface area contributed by atoms with Gasteiger partial charge in [-0.25, -0.2) is 9.67 Å². The summed E-state index contributed by atoms with van der Waals surface area (Å²) in [6.07, 6.45) is -3.99. The average Bonchev–Trinajstić information content (AvgIpc) is 3.33. The fourth-order valence-electron chi connectivity index (χ4n) is 3.77. The van der Waals surface area contributed by atoms with E-state index in [1.165, 1.54) is 35.0 Å². The van der Waals surface area contributed by atoms with Gasteiger partial charge >= 0.3 is 6.18 Å². The van der Waals surface area contributed by atoms with Crippen LogP contribution < -0.4 is 5.32 Å². The van der Waals surface area contributed by atoms with E-state index < -0.39 is 47.3 Å². The van der Waals surface area contributed by atoms with E-state index in [4.69, 9.17) is 0 Å². The molecule has 1 aliphatic heterocycles. The second-order valence-electron chi connectivity index (χ2n) is 8.77. The van der Waals surface area contributed by atoms with Crippen LogP contribution in [0.15, 0.2) is 24.4 Å². The summed E-state index contributed by atoms with van der Waals surface area (Å²) in [6, 6.07) is 1.69. The molecule has 1 aliphatic rings. The average molecular weight is 454 g/mol. The summed E-state index contributed by atoms with van der Waals surface area (Å²) >= 11 is 0. The molecule has 2 N–H and O–H groups in total. The van der Waals surface area contributed by atoms with E-state index >= 15 is 0 Å². The van der Waals surface area contributed by atoms with Crippen molar-refractivity contribution in [3.8, 4) is 11.4 Å². The van der Waals surface area contributed by atoms with E-state index in [1.807, 2.05) is 0 Å². The summed E-state index contributed by atoms with van der Waals surface area (Å²) in [5.74, 6) is -0.842. The van der Waals surface area contributed by atoms with Gasteiger partial charge in [0.2, 0.25) is 11.8 Å². The van der Waals surface area contributed by atoms with E-state index in [0.717, 1.165) is 6.07 Å². The van der Waals surface area contributed by atoms with Gasteiger partial charge in [0.25, 0.3) is 0 Å². The summed E-state index contributed by atoms with van der Waals surface area (Å²) in [6.45, 7) is 5.36. The maximum Gasteiger partial charge on any atom is 0.433 e. The van der Waals surface area contributed by atoms with Crippen LogP contribution >= 0.6 is 0 Å². The van der Waals surface area contributed by atoms with Crippen LogP contribution in [0.25, 0.3) is 11.4 Å². The number of aromatic nitrogens is 4. The lowest BCUT2D eigenvalue weighted by Crippen LogP contribution is -2.49.